The van der Waals surface area contributed by atoms with Gasteiger partial charge in [-0.3, -0.25) is 9.48 Å². The minimum Gasteiger partial charge on any atom is -0.492 e. The van der Waals surface area contributed by atoms with E-state index in [0.717, 1.165) is 24.4 Å². The van der Waals surface area contributed by atoms with Gasteiger partial charge >= 0.3 is 0 Å². The fourth-order valence-corrected chi connectivity index (χ4v) is 2.82. The van der Waals surface area contributed by atoms with E-state index in [4.69, 9.17) is 4.74 Å². The van der Waals surface area contributed by atoms with Crippen molar-refractivity contribution in [1.29, 1.82) is 0 Å². The highest BCUT2D eigenvalue weighted by molar-refractivity contribution is 5.76. The maximum absolute atomic E-state index is 12.0. The van der Waals surface area contributed by atoms with Gasteiger partial charge in [-0.2, -0.15) is 5.10 Å². The second-order valence-electron chi connectivity index (χ2n) is 6.74. The summed E-state index contributed by atoms with van der Waals surface area (Å²) in [6.45, 7) is 10.4. The highest BCUT2D eigenvalue weighted by atomic mass is 16.5. The molecule has 0 saturated carbocycles. The fraction of sp³-hybridized carbons (Fsp3) is 0.500. The Bertz CT molecular complexity index is 678. The van der Waals surface area contributed by atoms with E-state index in [0.29, 0.717) is 25.5 Å². The maximum atomic E-state index is 12.0. The predicted octanol–water partition coefficient (Wildman–Crippen LogP) is 3.28. The molecule has 0 fully saturated rings. The zero-order valence-electron chi connectivity index (χ0n) is 15.7. The van der Waals surface area contributed by atoms with E-state index in [9.17, 15) is 4.79 Å². The van der Waals surface area contributed by atoms with Crippen LogP contribution in [0, 0.1) is 19.8 Å². The lowest BCUT2D eigenvalue weighted by molar-refractivity contribution is -0.121. The Kier molecular flexibility index (Phi) is 7.04. The van der Waals surface area contributed by atoms with Gasteiger partial charge in [0, 0.05) is 18.7 Å². The first kappa shape index (κ1) is 19.0. The first-order valence-electron chi connectivity index (χ1n) is 8.94. The standard InChI is InChI=1S/C20H29N3O2/c1-15(2)14-23-17(4)19(16(3)22-23)10-11-20(24)21-12-13-25-18-8-6-5-7-9-18/h5-9,15H,10-14H2,1-4H3,(H,21,24). The lowest BCUT2D eigenvalue weighted by atomic mass is 10.1. The molecule has 1 aromatic heterocycles. The Hall–Kier alpha value is -2.30. The third-order valence-corrected chi connectivity index (χ3v) is 4.11. The monoisotopic (exact) mass is 343 g/mol. The van der Waals surface area contributed by atoms with Crippen molar-refractivity contribution < 1.29 is 9.53 Å². The van der Waals surface area contributed by atoms with Crippen LogP contribution >= 0.6 is 0 Å². The van der Waals surface area contributed by atoms with Gasteiger partial charge in [0.05, 0.1) is 12.2 Å². The van der Waals surface area contributed by atoms with Gasteiger partial charge < -0.3 is 10.1 Å². The van der Waals surface area contributed by atoms with Gasteiger partial charge in [0.2, 0.25) is 5.91 Å². The number of nitrogens with zero attached hydrogens (tertiary/aromatic N) is 2. The van der Waals surface area contributed by atoms with Gasteiger partial charge in [0.15, 0.2) is 0 Å². The van der Waals surface area contributed by atoms with Gasteiger partial charge in [0.25, 0.3) is 0 Å². The number of hydrogen-bond donors (Lipinski definition) is 1. The molecule has 1 aromatic carbocycles. The Balaban J connectivity index is 1.74. The van der Waals surface area contributed by atoms with Crippen LogP contribution in [0.2, 0.25) is 0 Å². The van der Waals surface area contributed by atoms with E-state index >= 15 is 0 Å². The Morgan fingerprint density at radius 3 is 2.64 bits per heavy atom. The van der Waals surface area contributed by atoms with Crippen molar-refractivity contribution in [2.45, 2.75) is 47.1 Å². The summed E-state index contributed by atoms with van der Waals surface area (Å²) in [6.07, 6.45) is 1.20. The Morgan fingerprint density at radius 1 is 1.24 bits per heavy atom. The Labute approximate surface area is 150 Å². The van der Waals surface area contributed by atoms with Gasteiger partial charge in [-0.15, -0.1) is 0 Å². The Morgan fingerprint density at radius 2 is 1.96 bits per heavy atom. The number of ether oxygens (including phenoxy) is 1. The summed E-state index contributed by atoms with van der Waals surface area (Å²) < 4.78 is 7.63. The van der Waals surface area contributed by atoms with E-state index in [2.05, 4.69) is 35.9 Å². The van der Waals surface area contributed by atoms with Gasteiger partial charge in [-0.25, -0.2) is 0 Å². The molecule has 0 bridgehead atoms. The number of hydrogen-bond acceptors (Lipinski definition) is 3. The average Bonchev–Trinajstić information content (AvgIpc) is 2.84. The van der Waals surface area contributed by atoms with Crippen molar-refractivity contribution in [1.82, 2.24) is 15.1 Å². The molecular weight excluding hydrogens is 314 g/mol. The first-order chi connectivity index (χ1) is 12.0. The van der Waals surface area contributed by atoms with E-state index in [-0.39, 0.29) is 5.91 Å². The van der Waals surface area contributed by atoms with Crippen LogP contribution in [-0.4, -0.2) is 28.8 Å². The minimum absolute atomic E-state index is 0.0482. The SMILES string of the molecule is Cc1nn(CC(C)C)c(C)c1CCC(=O)NCCOc1ccccc1. The van der Waals surface area contributed by atoms with Gasteiger partial charge in [-0.05, 0) is 43.9 Å². The summed E-state index contributed by atoms with van der Waals surface area (Å²) in [7, 11) is 0. The summed E-state index contributed by atoms with van der Waals surface area (Å²) >= 11 is 0. The average molecular weight is 343 g/mol. The number of rotatable bonds is 9. The lowest BCUT2D eigenvalue weighted by Gasteiger charge is -2.09. The van der Waals surface area contributed by atoms with E-state index in [1.165, 1.54) is 11.3 Å². The molecule has 0 spiro atoms. The van der Waals surface area contributed by atoms with E-state index < -0.39 is 0 Å². The molecule has 136 valence electrons. The molecule has 0 aliphatic rings. The highest BCUT2D eigenvalue weighted by Gasteiger charge is 2.13. The second-order valence-corrected chi connectivity index (χ2v) is 6.74. The summed E-state index contributed by atoms with van der Waals surface area (Å²) in [5, 5.41) is 7.51. The normalized spacial score (nSPS) is 10.9. The zero-order valence-corrected chi connectivity index (χ0v) is 15.7. The first-order valence-corrected chi connectivity index (χ1v) is 8.94. The quantitative estimate of drug-likeness (QED) is 0.711. The smallest absolute Gasteiger partial charge is 0.220 e. The van der Waals surface area contributed by atoms with Crippen LogP contribution in [-0.2, 0) is 17.8 Å². The number of nitrogens with one attached hydrogen (secondary N) is 1. The molecule has 25 heavy (non-hydrogen) atoms. The van der Waals surface area contributed by atoms with Crippen LogP contribution in [0.3, 0.4) is 0 Å². The molecular formula is C20H29N3O2. The molecule has 1 N–H and O–H groups in total. The van der Waals surface area contributed by atoms with Gasteiger partial charge in [0.1, 0.15) is 12.4 Å². The van der Waals surface area contributed by atoms with Crippen LogP contribution in [0.25, 0.3) is 0 Å². The number of carbonyl (C=O) groups excluding carboxylic acids is 1. The minimum atomic E-state index is 0.0482. The molecule has 0 aliphatic carbocycles. The summed E-state index contributed by atoms with van der Waals surface area (Å²) in [4.78, 5) is 12.0. The number of benzene rings is 1. The lowest BCUT2D eigenvalue weighted by Crippen LogP contribution is -2.28. The summed E-state index contributed by atoms with van der Waals surface area (Å²) in [5.74, 6) is 1.42. The molecule has 2 aromatic rings. The predicted molar refractivity (Wildman–Crippen MR) is 99.8 cm³/mol. The number of aryl methyl sites for hydroxylation is 1. The van der Waals surface area contributed by atoms with Crippen molar-refractivity contribution in [2.75, 3.05) is 13.2 Å². The molecule has 2 rings (SSSR count). The van der Waals surface area contributed by atoms with Crippen molar-refractivity contribution in [3.8, 4) is 5.75 Å². The number of carbonyl (C=O) groups is 1. The van der Waals surface area contributed by atoms with Crippen molar-refractivity contribution in [3.05, 3.63) is 47.3 Å². The topological polar surface area (TPSA) is 56.2 Å². The van der Waals surface area contributed by atoms with Crippen molar-refractivity contribution >= 4 is 5.91 Å². The van der Waals surface area contributed by atoms with Crippen LogP contribution in [0.1, 0.15) is 37.2 Å². The van der Waals surface area contributed by atoms with Crippen LogP contribution in [0.4, 0.5) is 0 Å². The zero-order chi connectivity index (χ0) is 18.2. The molecule has 0 atom stereocenters. The molecule has 0 radical (unpaired) electrons. The summed E-state index contributed by atoms with van der Waals surface area (Å²) in [6, 6.07) is 9.61. The molecule has 0 saturated heterocycles. The molecule has 0 aliphatic heterocycles. The van der Waals surface area contributed by atoms with E-state index in [1.54, 1.807) is 0 Å². The molecule has 5 heteroatoms. The second kappa shape index (κ2) is 9.25. The molecule has 1 amide bonds. The fourth-order valence-electron chi connectivity index (χ4n) is 2.82. The maximum Gasteiger partial charge on any atom is 0.220 e. The van der Waals surface area contributed by atoms with Crippen LogP contribution in [0.15, 0.2) is 30.3 Å². The van der Waals surface area contributed by atoms with Crippen LogP contribution in [0.5, 0.6) is 5.75 Å². The largest absolute Gasteiger partial charge is 0.492 e. The van der Waals surface area contributed by atoms with Crippen molar-refractivity contribution in [3.63, 3.8) is 0 Å². The molecule has 5 nitrogen and oxygen atoms in total. The van der Waals surface area contributed by atoms with Crippen molar-refractivity contribution in [2.24, 2.45) is 5.92 Å². The summed E-state index contributed by atoms with van der Waals surface area (Å²) in [5.41, 5.74) is 3.39. The highest BCUT2D eigenvalue weighted by Crippen LogP contribution is 2.16. The number of aromatic nitrogens is 2. The molecule has 1 heterocycles. The van der Waals surface area contributed by atoms with Gasteiger partial charge in [-0.1, -0.05) is 32.0 Å². The number of amides is 1. The number of para-hydroxylation sites is 1. The van der Waals surface area contributed by atoms with Crippen LogP contribution < -0.4 is 10.1 Å². The third kappa shape index (κ3) is 5.93. The third-order valence-electron chi connectivity index (χ3n) is 4.11. The molecule has 0 unspecified atom stereocenters. The van der Waals surface area contributed by atoms with E-state index in [1.807, 2.05) is 37.3 Å².